The minimum Gasteiger partial charge on any atom is -0.469 e. The van der Waals surface area contributed by atoms with Crippen molar-refractivity contribution >= 4 is 16.1 Å². The molecule has 17 heavy (non-hydrogen) atoms. The normalized spacial score (nSPS) is 12.9. The van der Waals surface area contributed by atoms with Gasteiger partial charge in [0.2, 0.25) is 0 Å². The highest BCUT2D eigenvalue weighted by Gasteiger charge is 2.16. The number of esters is 1. The fourth-order valence-corrected chi connectivity index (χ4v) is 1.78. The number of rotatable bonds is 4. The van der Waals surface area contributed by atoms with E-state index in [4.69, 9.17) is 4.18 Å². The van der Waals surface area contributed by atoms with Crippen molar-refractivity contribution in [2.45, 2.75) is 12.8 Å². The van der Waals surface area contributed by atoms with Gasteiger partial charge in [0.25, 0.3) is 0 Å². The van der Waals surface area contributed by atoms with Gasteiger partial charge in [-0.25, -0.2) is 0 Å². The monoisotopic (exact) mass is 258 g/mol. The smallest absolute Gasteiger partial charge is 0.312 e. The molecule has 1 unspecified atom stereocenters. The minimum atomic E-state index is -3.56. The van der Waals surface area contributed by atoms with Crippen molar-refractivity contribution in [1.82, 2.24) is 0 Å². The van der Waals surface area contributed by atoms with Crippen LogP contribution in [-0.4, -0.2) is 27.8 Å². The van der Waals surface area contributed by atoms with E-state index >= 15 is 0 Å². The maximum absolute atomic E-state index is 11.3. The maximum atomic E-state index is 11.3. The molecule has 0 fully saturated rings. The van der Waals surface area contributed by atoms with E-state index in [1.165, 1.54) is 19.2 Å². The lowest BCUT2D eigenvalue weighted by Crippen LogP contribution is -2.11. The second kappa shape index (κ2) is 5.18. The van der Waals surface area contributed by atoms with Crippen LogP contribution in [0.4, 0.5) is 0 Å². The number of hydrogen-bond acceptors (Lipinski definition) is 5. The van der Waals surface area contributed by atoms with Gasteiger partial charge in [-0.1, -0.05) is 12.1 Å². The predicted molar refractivity (Wildman–Crippen MR) is 62.3 cm³/mol. The largest absolute Gasteiger partial charge is 0.469 e. The van der Waals surface area contributed by atoms with Crippen LogP contribution in [0.1, 0.15) is 18.4 Å². The molecule has 0 aliphatic carbocycles. The summed E-state index contributed by atoms with van der Waals surface area (Å²) in [6.45, 7) is 1.67. The first-order valence-electron chi connectivity index (χ1n) is 4.90. The van der Waals surface area contributed by atoms with Crippen LogP contribution in [0.25, 0.3) is 0 Å². The molecular formula is C11H14O5S. The summed E-state index contributed by atoms with van der Waals surface area (Å²) in [4.78, 5) is 11.3. The van der Waals surface area contributed by atoms with Crippen LogP contribution in [-0.2, 0) is 19.6 Å². The Morgan fingerprint density at radius 2 is 2.00 bits per heavy atom. The number of methoxy groups -OCH3 is 1. The van der Waals surface area contributed by atoms with Gasteiger partial charge in [-0.15, -0.1) is 0 Å². The van der Waals surface area contributed by atoms with E-state index in [9.17, 15) is 13.2 Å². The Labute approximate surface area is 100 Å². The average Bonchev–Trinajstić information content (AvgIpc) is 2.25. The molecule has 1 aromatic carbocycles. The molecule has 5 nitrogen and oxygen atoms in total. The van der Waals surface area contributed by atoms with Crippen LogP contribution < -0.4 is 4.18 Å². The van der Waals surface area contributed by atoms with Crippen LogP contribution in [0, 0.1) is 0 Å². The van der Waals surface area contributed by atoms with E-state index in [0.29, 0.717) is 5.56 Å². The molecule has 0 spiro atoms. The molecule has 0 aliphatic rings. The van der Waals surface area contributed by atoms with Gasteiger partial charge in [-0.3, -0.25) is 4.79 Å². The quantitative estimate of drug-likeness (QED) is 0.601. The van der Waals surface area contributed by atoms with E-state index in [0.717, 1.165) is 6.26 Å². The Morgan fingerprint density at radius 3 is 2.53 bits per heavy atom. The Kier molecular flexibility index (Phi) is 4.11. The molecule has 1 rings (SSSR count). The zero-order valence-corrected chi connectivity index (χ0v) is 10.7. The molecule has 0 saturated carbocycles. The summed E-state index contributed by atoms with van der Waals surface area (Å²) in [5, 5.41) is 0. The number of hydrogen-bond donors (Lipinski definition) is 0. The molecule has 0 amide bonds. The Bertz CT molecular complexity index is 506. The number of benzene rings is 1. The Morgan fingerprint density at radius 1 is 1.35 bits per heavy atom. The lowest BCUT2D eigenvalue weighted by Gasteiger charge is -2.10. The van der Waals surface area contributed by atoms with Gasteiger partial charge in [0.05, 0.1) is 19.3 Å². The van der Waals surface area contributed by atoms with Gasteiger partial charge < -0.3 is 8.92 Å². The highest BCUT2D eigenvalue weighted by atomic mass is 32.2. The number of carbonyl (C=O) groups excluding carboxylic acids is 1. The van der Waals surface area contributed by atoms with Crippen molar-refractivity contribution < 1.29 is 22.1 Å². The molecule has 94 valence electrons. The molecule has 1 atom stereocenters. The first-order chi connectivity index (χ1) is 7.83. The zero-order chi connectivity index (χ0) is 13.1. The highest BCUT2D eigenvalue weighted by molar-refractivity contribution is 7.86. The molecule has 1 aromatic rings. The van der Waals surface area contributed by atoms with E-state index in [-0.39, 0.29) is 11.7 Å². The first-order valence-corrected chi connectivity index (χ1v) is 6.72. The lowest BCUT2D eigenvalue weighted by atomic mass is 10.0. The van der Waals surface area contributed by atoms with Crippen molar-refractivity contribution in [2.24, 2.45) is 0 Å². The number of ether oxygens (including phenoxy) is 1. The summed E-state index contributed by atoms with van der Waals surface area (Å²) in [5.41, 5.74) is 0.637. The summed E-state index contributed by atoms with van der Waals surface area (Å²) >= 11 is 0. The standard InChI is InChI=1S/C11H14O5S/c1-8(11(12)15-2)9-5-4-6-10(7-9)16-17(3,13)14/h4-8H,1-3H3. The number of carbonyl (C=O) groups is 1. The van der Waals surface area contributed by atoms with Gasteiger partial charge in [-0.2, -0.15) is 8.42 Å². The van der Waals surface area contributed by atoms with E-state index < -0.39 is 16.0 Å². The summed E-state index contributed by atoms with van der Waals surface area (Å²) in [6, 6.07) is 6.34. The summed E-state index contributed by atoms with van der Waals surface area (Å²) in [7, 11) is -2.26. The van der Waals surface area contributed by atoms with E-state index in [1.807, 2.05) is 0 Å². The van der Waals surface area contributed by atoms with Crippen molar-refractivity contribution in [3.63, 3.8) is 0 Å². The molecule has 0 saturated heterocycles. The van der Waals surface area contributed by atoms with Crippen molar-refractivity contribution in [3.8, 4) is 5.75 Å². The molecule has 0 aliphatic heterocycles. The molecule has 0 aromatic heterocycles. The third-order valence-corrected chi connectivity index (χ3v) is 2.66. The van der Waals surface area contributed by atoms with Gasteiger partial charge in [-0.05, 0) is 24.6 Å². The molecule has 0 bridgehead atoms. The third kappa shape index (κ3) is 4.07. The van der Waals surface area contributed by atoms with Crippen LogP contribution in [0.5, 0.6) is 5.75 Å². The van der Waals surface area contributed by atoms with Gasteiger partial charge in [0.1, 0.15) is 5.75 Å². The Hall–Kier alpha value is -1.56. The second-order valence-electron chi connectivity index (χ2n) is 3.60. The topological polar surface area (TPSA) is 69.7 Å². The third-order valence-electron chi connectivity index (χ3n) is 2.16. The SMILES string of the molecule is COC(=O)C(C)c1cccc(OS(C)(=O)=O)c1. The fraction of sp³-hybridized carbons (Fsp3) is 0.364. The summed E-state index contributed by atoms with van der Waals surface area (Å²) in [6.07, 6.45) is 0.962. The molecule has 0 radical (unpaired) electrons. The second-order valence-corrected chi connectivity index (χ2v) is 5.18. The van der Waals surface area contributed by atoms with E-state index in [1.54, 1.807) is 19.1 Å². The highest BCUT2D eigenvalue weighted by Crippen LogP contribution is 2.22. The summed E-state index contributed by atoms with van der Waals surface area (Å²) < 4.78 is 31.3. The Balaban J connectivity index is 2.97. The predicted octanol–water partition coefficient (Wildman–Crippen LogP) is 1.30. The molecule has 0 N–H and O–H groups in total. The fourth-order valence-electron chi connectivity index (χ4n) is 1.32. The van der Waals surface area contributed by atoms with E-state index in [2.05, 4.69) is 4.74 Å². The van der Waals surface area contributed by atoms with Gasteiger partial charge in [0, 0.05) is 0 Å². The van der Waals surface area contributed by atoms with Crippen LogP contribution in [0.2, 0.25) is 0 Å². The first kappa shape index (κ1) is 13.5. The lowest BCUT2D eigenvalue weighted by molar-refractivity contribution is -0.141. The van der Waals surface area contributed by atoms with Gasteiger partial charge >= 0.3 is 16.1 Å². The van der Waals surface area contributed by atoms with Crippen molar-refractivity contribution in [1.29, 1.82) is 0 Å². The molecule has 6 heteroatoms. The van der Waals surface area contributed by atoms with Crippen LogP contribution >= 0.6 is 0 Å². The average molecular weight is 258 g/mol. The van der Waals surface area contributed by atoms with Crippen LogP contribution in [0.3, 0.4) is 0 Å². The molecular weight excluding hydrogens is 244 g/mol. The van der Waals surface area contributed by atoms with Crippen molar-refractivity contribution in [3.05, 3.63) is 29.8 Å². The van der Waals surface area contributed by atoms with Crippen molar-refractivity contribution in [2.75, 3.05) is 13.4 Å². The minimum absolute atomic E-state index is 0.181. The van der Waals surface area contributed by atoms with Crippen LogP contribution in [0.15, 0.2) is 24.3 Å². The zero-order valence-electron chi connectivity index (χ0n) is 9.84. The maximum Gasteiger partial charge on any atom is 0.312 e. The van der Waals surface area contributed by atoms with Gasteiger partial charge in [0.15, 0.2) is 0 Å². The summed E-state index contributed by atoms with van der Waals surface area (Å²) in [5.74, 6) is -0.676. The molecule has 0 heterocycles.